The van der Waals surface area contributed by atoms with Crippen LogP contribution < -0.4 is 9.47 Å². The lowest BCUT2D eigenvalue weighted by Crippen LogP contribution is -2.11. The molecule has 0 heterocycles. The van der Waals surface area contributed by atoms with Crippen molar-refractivity contribution < 1.29 is 19.4 Å². The van der Waals surface area contributed by atoms with Gasteiger partial charge in [-0.15, -0.1) is 11.8 Å². The first kappa shape index (κ1) is 13.7. The Labute approximate surface area is 105 Å². The van der Waals surface area contributed by atoms with Gasteiger partial charge in [0.05, 0.1) is 19.1 Å². The molecule has 1 aromatic rings. The van der Waals surface area contributed by atoms with E-state index in [-0.39, 0.29) is 0 Å². The quantitative estimate of drug-likeness (QED) is 0.821. The predicted octanol–water partition coefficient (Wildman–Crippen LogP) is 2.58. The van der Waals surface area contributed by atoms with Crippen molar-refractivity contribution in [2.45, 2.75) is 24.0 Å². The number of carboxylic acids is 1. The normalized spacial score (nSPS) is 12.0. The number of carboxylic acid groups (broad SMARTS) is 1. The molecule has 1 unspecified atom stereocenters. The molecule has 0 radical (unpaired) electrons. The van der Waals surface area contributed by atoms with Gasteiger partial charge >= 0.3 is 5.97 Å². The average molecular weight is 256 g/mol. The maximum atomic E-state index is 10.8. The third-order valence-electron chi connectivity index (χ3n) is 2.33. The maximum Gasteiger partial charge on any atom is 0.316 e. The molecule has 0 saturated heterocycles. The van der Waals surface area contributed by atoms with Crippen LogP contribution in [0, 0.1) is 6.92 Å². The van der Waals surface area contributed by atoms with Gasteiger partial charge < -0.3 is 14.6 Å². The second kappa shape index (κ2) is 5.82. The van der Waals surface area contributed by atoms with E-state index in [1.165, 1.54) is 11.8 Å². The molecule has 0 amide bonds. The molecule has 0 fully saturated rings. The Morgan fingerprint density at radius 2 is 1.88 bits per heavy atom. The third-order valence-corrected chi connectivity index (χ3v) is 3.46. The van der Waals surface area contributed by atoms with E-state index in [0.29, 0.717) is 5.75 Å². The number of rotatable bonds is 5. The van der Waals surface area contributed by atoms with Crippen LogP contribution >= 0.6 is 11.8 Å². The van der Waals surface area contributed by atoms with Crippen LogP contribution in [0.2, 0.25) is 0 Å². The van der Waals surface area contributed by atoms with Crippen molar-refractivity contribution in [3.05, 3.63) is 17.7 Å². The number of hydrogen-bond donors (Lipinski definition) is 1. The fraction of sp³-hybridized carbons (Fsp3) is 0.417. The molecule has 0 saturated carbocycles. The maximum absolute atomic E-state index is 10.8. The van der Waals surface area contributed by atoms with Crippen molar-refractivity contribution >= 4 is 17.7 Å². The zero-order valence-corrected chi connectivity index (χ0v) is 11.1. The van der Waals surface area contributed by atoms with Gasteiger partial charge in [-0.2, -0.15) is 0 Å². The Balaban J connectivity index is 3.08. The molecule has 0 aromatic heterocycles. The number of carbonyl (C=O) groups is 1. The zero-order valence-electron chi connectivity index (χ0n) is 10.3. The fourth-order valence-electron chi connectivity index (χ4n) is 1.36. The second-order valence-electron chi connectivity index (χ2n) is 3.57. The van der Waals surface area contributed by atoms with Gasteiger partial charge in [-0.1, -0.05) is 0 Å². The van der Waals surface area contributed by atoms with E-state index in [1.54, 1.807) is 27.2 Å². The van der Waals surface area contributed by atoms with Gasteiger partial charge in [0, 0.05) is 0 Å². The molecule has 0 spiro atoms. The summed E-state index contributed by atoms with van der Waals surface area (Å²) in [7, 11) is 3.15. The summed E-state index contributed by atoms with van der Waals surface area (Å²) >= 11 is 1.24. The smallest absolute Gasteiger partial charge is 0.316 e. The van der Waals surface area contributed by atoms with Crippen LogP contribution in [-0.2, 0) is 4.79 Å². The van der Waals surface area contributed by atoms with E-state index < -0.39 is 11.2 Å². The summed E-state index contributed by atoms with van der Waals surface area (Å²) in [6, 6.07) is 3.65. The van der Waals surface area contributed by atoms with E-state index in [2.05, 4.69) is 0 Å². The lowest BCUT2D eigenvalue weighted by atomic mass is 10.2. The van der Waals surface area contributed by atoms with Crippen LogP contribution in [0.15, 0.2) is 17.0 Å². The van der Waals surface area contributed by atoms with Gasteiger partial charge in [0.25, 0.3) is 0 Å². The summed E-state index contributed by atoms with van der Waals surface area (Å²) in [5.41, 5.74) is 0.955. The average Bonchev–Trinajstić information content (AvgIpc) is 2.30. The van der Waals surface area contributed by atoms with E-state index in [4.69, 9.17) is 14.6 Å². The lowest BCUT2D eigenvalue weighted by molar-refractivity contribution is -0.136. The zero-order chi connectivity index (χ0) is 13.0. The van der Waals surface area contributed by atoms with E-state index >= 15 is 0 Å². The minimum Gasteiger partial charge on any atom is -0.496 e. The van der Waals surface area contributed by atoms with Crippen LogP contribution in [0.1, 0.15) is 12.5 Å². The largest absolute Gasteiger partial charge is 0.496 e. The molecule has 17 heavy (non-hydrogen) atoms. The molecule has 0 bridgehead atoms. The number of benzene rings is 1. The molecular weight excluding hydrogens is 240 g/mol. The van der Waals surface area contributed by atoms with Gasteiger partial charge in [0.1, 0.15) is 16.7 Å². The van der Waals surface area contributed by atoms with Crippen molar-refractivity contribution in [3.63, 3.8) is 0 Å². The van der Waals surface area contributed by atoms with E-state index in [0.717, 1.165) is 16.2 Å². The van der Waals surface area contributed by atoms with Crippen LogP contribution in [-0.4, -0.2) is 30.5 Å². The van der Waals surface area contributed by atoms with Gasteiger partial charge in [0.2, 0.25) is 0 Å². The topological polar surface area (TPSA) is 55.8 Å². The molecule has 1 aromatic carbocycles. The highest BCUT2D eigenvalue weighted by Crippen LogP contribution is 2.37. The molecule has 1 N–H and O–H groups in total. The summed E-state index contributed by atoms with van der Waals surface area (Å²) < 4.78 is 10.4. The Hall–Kier alpha value is -1.36. The molecule has 0 aliphatic carbocycles. The van der Waals surface area contributed by atoms with Crippen LogP contribution in [0.25, 0.3) is 0 Å². The molecule has 94 valence electrons. The van der Waals surface area contributed by atoms with Crippen molar-refractivity contribution in [1.82, 2.24) is 0 Å². The van der Waals surface area contributed by atoms with E-state index in [1.807, 2.05) is 13.0 Å². The van der Waals surface area contributed by atoms with Gasteiger partial charge in [-0.3, -0.25) is 4.79 Å². The molecule has 1 rings (SSSR count). The predicted molar refractivity (Wildman–Crippen MR) is 67.2 cm³/mol. The Morgan fingerprint density at radius 3 is 2.35 bits per heavy atom. The van der Waals surface area contributed by atoms with Crippen LogP contribution in [0.5, 0.6) is 11.5 Å². The van der Waals surface area contributed by atoms with Crippen molar-refractivity contribution in [3.8, 4) is 11.5 Å². The first-order valence-corrected chi connectivity index (χ1v) is 5.99. The van der Waals surface area contributed by atoms with E-state index in [9.17, 15) is 4.79 Å². The number of aryl methyl sites for hydroxylation is 1. The molecule has 0 aliphatic heterocycles. The summed E-state index contributed by atoms with van der Waals surface area (Å²) in [5.74, 6) is 0.545. The third kappa shape index (κ3) is 3.30. The second-order valence-corrected chi connectivity index (χ2v) is 4.95. The van der Waals surface area contributed by atoms with Crippen LogP contribution in [0.3, 0.4) is 0 Å². The molecule has 1 atom stereocenters. The molecular formula is C12H16O4S. The Morgan fingerprint density at radius 1 is 1.29 bits per heavy atom. The highest BCUT2D eigenvalue weighted by Gasteiger charge is 2.17. The Bertz CT molecular complexity index is 417. The van der Waals surface area contributed by atoms with Crippen molar-refractivity contribution in [1.29, 1.82) is 0 Å². The SMILES string of the molecule is COc1cc(SC(C)C(=O)O)c(OC)cc1C. The summed E-state index contributed by atoms with van der Waals surface area (Å²) in [4.78, 5) is 11.6. The van der Waals surface area contributed by atoms with Gasteiger partial charge in [-0.05, 0) is 31.5 Å². The standard InChI is InChI=1S/C12H16O4S/c1-7-5-10(16-4)11(6-9(7)15-3)17-8(2)12(13)14/h5-6,8H,1-4H3,(H,13,14). The first-order valence-electron chi connectivity index (χ1n) is 5.11. The van der Waals surface area contributed by atoms with Crippen molar-refractivity contribution in [2.24, 2.45) is 0 Å². The summed E-state index contributed by atoms with van der Waals surface area (Å²) in [6.07, 6.45) is 0. The van der Waals surface area contributed by atoms with Gasteiger partial charge in [0.15, 0.2) is 0 Å². The summed E-state index contributed by atoms with van der Waals surface area (Å²) in [5, 5.41) is 8.36. The Kier molecular flexibility index (Phi) is 4.69. The number of aliphatic carboxylic acids is 1. The minimum absolute atomic E-state index is 0.531. The molecule has 4 nitrogen and oxygen atoms in total. The first-order chi connectivity index (χ1) is 7.99. The number of ether oxygens (including phenoxy) is 2. The molecule has 0 aliphatic rings. The number of hydrogen-bond acceptors (Lipinski definition) is 4. The van der Waals surface area contributed by atoms with Crippen LogP contribution in [0.4, 0.5) is 0 Å². The molecule has 5 heteroatoms. The van der Waals surface area contributed by atoms with Crippen molar-refractivity contribution in [2.75, 3.05) is 14.2 Å². The number of thioether (sulfide) groups is 1. The lowest BCUT2D eigenvalue weighted by Gasteiger charge is -2.14. The monoisotopic (exact) mass is 256 g/mol. The minimum atomic E-state index is -0.850. The van der Waals surface area contributed by atoms with Gasteiger partial charge in [-0.25, -0.2) is 0 Å². The number of methoxy groups -OCH3 is 2. The highest BCUT2D eigenvalue weighted by atomic mass is 32.2. The highest BCUT2D eigenvalue weighted by molar-refractivity contribution is 8.00. The fourth-order valence-corrected chi connectivity index (χ4v) is 2.27. The summed E-state index contributed by atoms with van der Waals surface area (Å²) in [6.45, 7) is 3.55.